The highest BCUT2D eigenvalue weighted by atomic mass is 32.2. The number of hydrogen-bond acceptors (Lipinski definition) is 7. The van der Waals surface area contributed by atoms with Crippen molar-refractivity contribution in [2.45, 2.75) is 25.4 Å². The van der Waals surface area contributed by atoms with E-state index in [1.54, 1.807) is 12.1 Å². The number of likely N-dealkylation sites (N-methyl/N-ethyl adjacent to an activating group) is 1. The van der Waals surface area contributed by atoms with Gasteiger partial charge in [0.05, 0.1) is 22.6 Å². The Morgan fingerprint density at radius 1 is 1.21 bits per heavy atom. The molecule has 3 rings (SSSR count). The summed E-state index contributed by atoms with van der Waals surface area (Å²) in [7, 11) is -1.70. The molecule has 0 spiro atoms. The Bertz CT molecular complexity index is 921. The number of fused-ring (bicyclic) bond motifs is 1. The first-order valence-electron chi connectivity index (χ1n) is 8.72. The predicted molar refractivity (Wildman–Crippen MR) is 97.2 cm³/mol. The van der Waals surface area contributed by atoms with E-state index in [1.165, 1.54) is 31.0 Å². The molecule has 28 heavy (non-hydrogen) atoms. The highest BCUT2D eigenvalue weighted by molar-refractivity contribution is 7.91. The standard InChI is InChI=1S/C18H20N2O7S/c1-11(20-16(22)13-5-3-4-6-14(13)17(20)23)18(24)27-9-15(21)19(2)12-7-8-28(25,26)10-12/h3-6,11-12H,7-10H2,1-2H3/t11-,12+/m1/s1. The lowest BCUT2D eigenvalue weighted by molar-refractivity contribution is -0.155. The van der Waals surface area contributed by atoms with Crippen LogP contribution in [-0.2, 0) is 24.2 Å². The lowest BCUT2D eigenvalue weighted by atomic mass is 10.1. The third-order valence-corrected chi connectivity index (χ3v) is 6.79. The molecular formula is C18H20N2O7S. The quantitative estimate of drug-likeness (QED) is 0.491. The van der Waals surface area contributed by atoms with Crippen molar-refractivity contribution in [3.05, 3.63) is 35.4 Å². The fourth-order valence-electron chi connectivity index (χ4n) is 3.30. The van der Waals surface area contributed by atoms with Gasteiger partial charge >= 0.3 is 5.97 Å². The highest BCUT2D eigenvalue weighted by Gasteiger charge is 2.41. The molecule has 0 N–H and O–H groups in total. The van der Waals surface area contributed by atoms with E-state index in [0.717, 1.165) is 4.90 Å². The first-order chi connectivity index (χ1) is 13.1. The van der Waals surface area contributed by atoms with Crippen molar-refractivity contribution in [3.63, 3.8) is 0 Å². The summed E-state index contributed by atoms with van der Waals surface area (Å²) in [6.07, 6.45) is 0.337. The molecule has 1 aromatic rings. The van der Waals surface area contributed by atoms with Gasteiger partial charge < -0.3 is 9.64 Å². The third-order valence-electron chi connectivity index (χ3n) is 5.04. The van der Waals surface area contributed by atoms with Crippen LogP contribution in [0.4, 0.5) is 0 Å². The molecule has 0 unspecified atom stereocenters. The highest BCUT2D eigenvalue weighted by Crippen LogP contribution is 2.24. The summed E-state index contributed by atoms with van der Waals surface area (Å²) in [4.78, 5) is 51.4. The monoisotopic (exact) mass is 408 g/mol. The first-order valence-corrected chi connectivity index (χ1v) is 10.5. The van der Waals surface area contributed by atoms with Crippen LogP contribution in [0, 0.1) is 0 Å². The lowest BCUT2D eigenvalue weighted by Crippen LogP contribution is -2.45. The van der Waals surface area contributed by atoms with Crippen molar-refractivity contribution in [1.29, 1.82) is 0 Å². The molecule has 0 aliphatic carbocycles. The number of carbonyl (C=O) groups is 4. The number of hydrogen-bond donors (Lipinski definition) is 0. The van der Waals surface area contributed by atoms with Gasteiger partial charge in [0.1, 0.15) is 6.04 Å². The number of nitrogens with zero attached hydrogens (tertiary/aromatic N) is 2. The summed E-state index contributed by atoms with van der Waals surface area (Å²) in [6.45, 7) is 0.751. The Labute approximate surface area is 162 Å². The summed E-state index contributed by atoms with van der Waals surface area (Å²) >= 11 is 0. The molecule has 150 valence electrons. The minimum atomic E-state index is -3.15. The molecule has 3 amide bonds. The maximum Gasteiger partial charge on any atom is 0.329 e. The van der Waals surface area contributed by atoms with E-state index in [2.05, 4.69) is 0 Å². The molecule has 2 aliphatic heterocycles. The Morgan fingerprint density at radius 2 is 1.79 bits per heavy atom. The van der Waals surface area contributed by atoms with Gasteiger partial charge in [0, 0.05) is 13.1 Å². The molecule has 1 saturated heterocycles. The van der Waals surface area contributed by atoms with Crippen molar-refractivity contribution < 1.29 is 32.3 Å². The second kappa shape index (κ2) is 7.34. The zero-order valence-electron chi connectivity index (χ0n) is 15.5. The average Bonchev–Trinajstić information content (AvgIpc) is 3.15. The van der Waals surface area contributed by atoms with Crippen LogP contribution >= 0.6 is 0 Å². The van der Waals surface area contributed by atoms with Gasteiger partial charge in [-0.2, -0.15) is 0 Å². The third kappa shape index (κ3) is 3.64. The summed E-state index contributed by atoms with van der Waals surface area (Å²) in [5, 5.41) is 0. The van der Waals surface area contributed by atoms with Crippen LogP contribution in [0.25, 0.3) is 0 Å². The molecule has 2 atom stereocenters. The fourth-order valence-corrected chi connectivity index (χ4v) is 5.08. The lowest BCUT2D eigenvalue weighted by Gasteiger charge is -2.24. The van der Waals surface area contributed by atoms with Gasteiger partial charge in [-0.1, -0.05) is 12.1 Å². The van der Waals surface area contributed by atoms with Crippen molar-refractivity contribution in [3.8, 4) is 0 Å². The number of ether oxygens (including phenoxy) is 1. The Morgan fingerprint density at radius 3 is 2.29 bits per heavy atom. The van der Waals surface area contributed by atoms with E-state index in [1.807, 2.05) is 0 Å². The van der Waals surface area contributed by atoms with E-state index in [-0.39, 0.29) is 22.6 Å². The molecule has 10 heteroatoms. The summed E-state index contributed by atoms with van der Waals surface area (Å²) in [5.41, 5.74) is 0.427. The molecule has 0 bridgehead atoms. The Balaban J connectivity index is 1.59. The van der Waals surface area contributed by atoms with Gasteiger partial charge in [0.25, 0.3) is 17.7 Å². The van der Waals surface area contributed by atoms with Gasteiger partial charge in [0.2, 0.25) is 0 Å². The molecule has 0 radical (unpaired) electrons. The van der Waals surface area contributed by atoms with Crippen molar-refractivity contribution in [1.82, 2.24) is 9.80 Å². The average molecular weight is 408 g/mol. The number of esters is 1. The van der Waals surface area contributed by atoms with Crippen LogP contribution in [0.3, 0.4) is 0 Å². The number of rotatable bonds is 5. The Kier molecular flexibility index (Phi) is 5.24. The SMILES string of the molecule is C[C@H](C(=O)OCC(=O)N(C)[C@H]1CCS(=O)(=O)C1)N1C(=O)c2ccccc2C1=O. The summed E-state index contributed by atoms with van der Waals surface area (Å²) < 4.78 is 28.0. The topological polar surface area (TPSA) is 118 Å². The maximum absolute atomic E-state index is 12.4. The molecule has 1 fully saturated rings. The van der Waals surface area contributed by atoms with Crippen LogP contribution in [0.2, 0.25) is 0 Å². The summed E-state index contributed by atoms with van der Waals surface area (Å²) in [6, 6.07) is 4.59. The number of imide groups is 1. The fraction of sp³-hybridized carbons (Fsp3) is 0.444. The molecule has 0 saturated carbocycles. The molecular weight excluding hydrogens is 388 g/mol. The van der Waals surface area contributed by atoms with Gasteiger partial charge in [-0.25, -0.2) is 13.2 Å². The Hall–Kier alpha value is -2.75. The van der Waals surface area contributed by atoms with Crippen LogP contribution in [0.1, 0.15) is 34.1 Å². The molecule has 2 aliphatic rings. The van der Waals surface area contributed by atoms with Gasteiger partial charge in [-0.3, -0.25) is 19.3 Å². The van der Waals surface area contributed by atoms with Crippen LogP contribution < -0.4 is 0 Å². The second-order valence-corrected chi connectivity index (χ2v) is 9.10. The van der Waals surface area contributed by atoms with Crippen LogP contribution in [0.5, 0.6) is 0 Å². The van der Waals surface area contributed by atoms with Crippen molar-refractivity contribution in [2.75, 3.05) is 25.2 Å². The van der Waals surface area contributed by atoms with Crippen LogP contribution in [0.15, 0.2) is 24.3 Å². The predicted octanol–water partition coefficient (Wildman–Crippen LogP) is -0.140. The van der Waals surface area contributed by atoms with E-state index in [0.29, 0.717) is 6.42 Å². The molecule has 0 aromatic heterocycles. The smallest absolute Gasteiger partial charge is 0.329 e. The normalized spacial score (nSPS) is 21.4. The molecule has 2 heterocycles. The number of amides is 3. The maximum atomic E-state index is 12.4. The number of benzene rings is 1. The van der Waals surface area contributed by atoms with E-state index >= 15 is 0 Å². The molecule has 9 nitrogen and oxygen atoms in total. The zero-order chi connectivity index (χ0) is 20.6. The minimum Gasteiger partial charge on any atom is -0.454 e. The van der Waals surface area contributed by atoms with E-state index in [4.69, 9.17) is 4.74 Å². The zero-order valence-corrected chi connectivity index (χ0v) is 16.3. The van der Waals surface area contributed by atoms with E-state index < -0.39 is 52.2 Å². The number of sulfone groups is 1. The largest absolute Gasteiger partial charge is 0.454 e. The van der Waals surface area contributed by atoms with Crippen LogP contribution in [-0.4, -0.2) is 79.2 Å². The van der Waals surface area contributed by atoms with Gasteiger partial charge in [-0.15, -0.1) is 0 Å². The van der Waals surface area contributed by atoms with Crippen molar-refractivity contribution in [2.24, 2.45) is 0 Å². The van der Waals surface area contributed by atoms with E-state index in [9.17, 15) is 27.6 Å². The second-order valence-electron chi connectivity index (χ2n) is 6.87. The van der Waals surface area contributed by atoms with Gasteiger partial charge in [0.15, 0.2) is 16.4 Å². The minimum absolute atomic E-state index is 0.0197. The molecule has 1 aromatic carbocycles. The van der Waals surface area contributed by atoms with Gasteiger partial charge in [-0.05, 0) is 25.5 Å². The number of carbonyl (C=O) groups excluding carboxylic acids is 4. The summed E-state index contributed by atoms with van der Waals surface area (Å²) in [5.74, 6) is -2.73. The first kappa shape index (κ1) is 20.0. The van der Waals surface area contributed by atoms with Crippen molar-refractivity contribution >= 4 is 33.5 Å².